The minimum Gasteiger partial charge on any atom is -0.307 e. The van der Waals surface area contributed by atoms with Gasteiger partial charge in [-0.3, -0.25) is 0 Å². The molecule has 112 valence electrons. The molecular weight excluding hydrogens is 344 g/mol. The molecule has 8 heteroatoms. The van der Waals surface area contributed by atoms with E-state index < -0.39 is 10.0 Å². The number of nitrogens with two attached hydrogens (primary N) is 1. The fraction of sp³-hybridized carbons (Fsp3) is 0.583. The van der Waals surface area contributed by atoms with Crippen LogP contribution < -0.4 is 16.0 Å². The molecule has 1 aromatic rings. The summed E-state index contributed by atoms with van der Waals surface area (Å²) in [5.74, 6) is 5.47. The summed E-state index contributed by atoms with van der Waals surface area (Å²) in [6, 6.07) is 1.45. The van der Waals surface area contributed by atoms with Gasteiger partial charge in [-0.2, -0.15) is 0 Å². The quantitative estimate of drug-likeness (QED) is 0.562. The second-order valence-electron chi connectivity index (χ2n) is 5.87. The Bertz CT molecular complexity index is 603. The molecule has 20 heavy (non-hydrogen) atoms. The van der Waals surface area contributed by atoms with Crippen molar-refractivity contribution >= 4 is 31.8 Å². The smallest absolute Gasteiger partial charge is 0.244 e. The molecule has 1 fully saturated rings. The Morgan fingerprint density at radius 2 is 2.20 bits per heavy atom. The first kappa shape index (κ1) is 15.7. The highest BCUT2D eigenvalue weighted by molar-refractivity contribution is 9.10. The van der Waals surface area contributed by atoms with Crippen molar-refractivity contribution in [2.75, 3.05) is 5.43 Å². The average Bonchev–Trinajstić information content (AvgIpc) is 2.68. The fourth-order valence-corrected chi connectivity index (χ4v) is 4.45. The van der Waals surface area contributed by atoms with Gasteiger partial charge in [-0.1, -0.05) is 13.8 Å². The van der Waals surface area contributed by atoms with Gasteiger partial charge in [0.1, 0.15) is 4.90 Å². The molecule has 1 saturated carbocycles. The number of hydrazine groups is 1. The maximum atomic E-state index is 12.5. The number of nitrogen functional groups attached to an aromatic ring is 1. The van der Waals surface area contributed by atoms with Crippen LogP contribution in [0.5, 0.6) is 0 Å². The summed E-state index contributed by atoms with van der Waals surface area (Å²) in [5.41, 5.74) is 2.50. The molecule has 0 aliphatic heterocycles. The van der Waals surface area contributed by atoms with Crippen molar-refractivity contribution in [3.05, 3.63) is 16.7 Å². The molecule has 6 nitrogen and oxygen atoms in total. The van der Waals surface area contributed by atoms with Crippen LogP contribution in [0.15, 0.2) is 21.6 Å². The lowest BCUT2D eigenvalue weighted by molar-refractivity contribution is 0.372. The summed E-state index contributed by atoms with van der Waals surface area (Å²) in [6.45, 7) is 4.30. The van der Waals surface area contributed by atoms with Crippen LogP contribution in [-0.4, -0.2) is 19.4 Å². The lowest BCUT2D eigenvalue weighted by atomic mass is 9.92. The topological polar surface area (TPSA) is 97.1 Å². The third-order valence-corrected chi connectivity index (χ3v) is 5.50. The predicted octanol–water partition coefficient (Wildman–Crippen LogP) is 1.99. The van der Waals surface area contributed by atoms with Gasteiger partial charge in [-0.15, -0.1) is 0 Å². The van der Waals surface area contributed by atoms with Crippen LogP contribution in [0.1, 0.15) is 33.1 Å². The highest BCUT2D eigenvalue weighted by Gasteiger charge is 2.34. The first-order valence-electron chi connectivity index (χ1n) is 6.38. The summed E-state index contributed by atoms with van der Waals surface area (Å²) in [7, 11) is -3.64. The Hall–Kier alpha value is -0.700. The Kier molecular flexibility index (Phi) is 4.38. The van der Waals surface area contributed by atoms with E-state index in [2.05, 4.69) is 44.9 Å². The molecule has 1 heterocycles. The number of aromatic nitrogens is 1. The van der Waals surface area contributed by atoms with Crippen LogP contribution in [0.25, 0.3) is 0 Å². The Morgan fingerprint density at radius 1 is 1.50 bits per heavy atom. The van der Waals surface area contributed by atoms with Gasteiger partial charge in [0.05, 0.1) is 0 Å². The van der Waals surface area contributed by atoms with Crippen LogP contribution in [0, 0.1) is 5.41 Å². The van der Waals surface area contributed by atoms with Crippen molar-refractivity contribution in [3.8, 4) is 0 Å². The molecular formula is C12H19BrN4O2S. The molecule has 0 radical (unpaired) electrons. The number of sulfonamides is 1. The Morgan fingerprint density at radius 3 is 2.75 bits per heavy atom. The molecule has 1 aromatic heterocycles. The van der Waals surface area contributed by atoms with E-state index in [9.17, 15) is 8.42 Å². The summed E-state index contributed by atoms with van der Waals surface area (Å²) in [4.78, 5) is 4.02. The monoisotopic (exact) mass is 362 g/mol. The number of hydrogen-bond acceptors (Lipinski definition) is 5. The summed E-state index contributed by atoms with van der Waals surface area (Å²) in [5, 5.41) is 0. The van der Waals surface area contributed by atoms with Gasteiger partial charge in [0.2, 0.25) is 10.0 Å². The van der Waals surface area contributed by atoms with E-state index in [4.69, 9.17) is 5.84 Å². The van der Waals surface area contributed by atoms with Crippen molar-refractivity contribution in [1.29, 1.82) is 0 Å². The molecule has 0 amide bonds. The SMILES string of the molecule is CC1(C)CCC(NS(=O)(=O)c2cc(Br)cnc2NN)C1. The van der Waals surface area contributed by atoms with E-state index in [0.717, 1.165) is 19.3 Å². The van der Waals surface area contributed by atoms with E-state index in [1.165, 1.54) is 12.3 Å². The van der Waals surface area contributed by atoms with Crippen LogP contribution in [0.2, 0.25) is 0 Å². The molecule has 1 atom stereocenters. The molecule has 0 saturated heterocycles. The molecule has 2 rings (SSSR count). The minimum absolute atomic E-state index is 0.0420. The molecule has 1 unspecified atom stereocenters. The van der Waals surface area contributed by atoms with Gasteiger partial charge in [0.25, 0.3) is 0 Å². The molecule has 0 aromatic carbocycles. The van der Waals surface area contributed by atoms with E-state index in [1.54, 1.807) is 0 Å². The number of rotatable bonds is 4. The second-order valence-corrected chi connectivity index (χ2v) is 8.47. The third-order valence-electron chi connectivity index (χ3n) is 3.54. The first-order chi connectivity index (χ1) is 9.23. The molecule has 1 aliphatic carbocycles. The Balaban J connectivity index is 2.25. The lowest BCUT2D eigenvalue weighted by Crippen LogP contribution is -2.34. The number of anilines is 1. The van der Waals surface area contributed by atoms with E-state index in [0.29, 0.717) is 4.47 Å². The second kappa shape index (κ2) is 5.59. The maximum absolute atomic E-state index is 12.5. The maximum Gasteiger partial charge on any atom is 0.244 e. The fourth-order valence-electron chi connectivity index (χ4n) is 2.55. The standard InChI is InChI=1S/C12H19BrN4O2S/c1-12(2)4-3-9(6-12)17-20(18,19)10-5-8(13)7-15-11(10)16-14/h5,7,9,17H,3-4,6,14H2,1-2H3,(H,15,16). The van der Waals surface area contributed by atoms with Gasteiger partial charge in [-0.05, 0) is 46.7 Å². The van der Waals surface area contributed by atoms with E-state index in [1.807, 2.05) is 0 Å². The zero-order valence-corrected chi connectivity index (χ0v) is 13.9. The van der Waals surface area contributed by atoms with Crippen molar-refractivity contribution < 1.29 is 8.42 Å². The highest BCUT2D eigenvalue weighted by Crippen LogP contribution is 2.37. The highest BCUT2D eigenvalue weighted by atomic mass is 79.9. The van der Waals surface area contributed by atoms with Crippen molar-refractivity contribution in [1.82, 2.24) is 9.71 Å². The van der Waals surface area contributed by atoms with Gasteiger partial charge >= 0.3 is 0 Å². The third kappa shape index (κ3) is 3.49. The minimum atomic E-state index is -3.64. The van der Waals surface area contributed by atoms with Crippen LogP contribution >= 0.6 is 15.9 Å². The number of pyridine rings is 1. The van der Waals surface area contributed by atoms with E-state index in [-0.39, 0.29) is 22.2 Å². The molecule has 1 aliphatic rings. The zero-order chi connectivity index (χ0) is 15.0. The lowest BCUT2D eigenvalue weighted by Gasteiger charge is -2.18. The van der Waals surface area contributed by atoms with Crippen LogP contribution in [0.4, 0.5) is 5.82 Å². The van der Waals surface area contributed by atoms with Crippen molar-refractivity contribution in [2.45, 2.75) is 44.0 Å². The number of hydrogen-bond donors (Lipinski definition) is 3. The van der Waals surface area contributed by atoms with Gasteiger partial charge in [0.15, 0.2) is 5.82 Å². The van der Waals surface area contributed by atoms with Crippen LogP contribution in [0.3, 0.4) is 0 Å². The summed E-state index contributed by atoms with van der Waals surface area (Å²) in [6.07, 6.45) is 4.18. The molecule has 0 bridgehead atoms. The van der Waals surface area contributed by atoms with Gasteiger partial charge in [-0.25, -0.2) is 24.0 Å². The number of nitrogens with zero attached hydrogens (tertiary/aromatic N) is 1. The van der Waals surface area contributed by atoms with E-state index >= 15 is 0 Å². The number of nitrogens with one attached hydrogen (secondary N) is 2. The Labute approximate surface area is 127 Å². The van der Waals surface area contributed by atoms with Crippen molar-refractivity contribution in [2.24, 2.45) is 11.3 Å². The number of halogens is 1. The summed E-state index contributed by atoms with van der Waals surface area (Å²) >= 11 is 3.23. The normalized spacial score (nSPS) is 21.9. The average molecular weight is 363 g/mol. The summed E-state index contributed by atoms with van der Waals surface area (Å²) < 4.78 is 28.3. The van der Waals surface area contributed by atoms with Crippen LogP contribution in [-0.2, 0) is 10.0 Å². The van der Waals surface area contributed by atoms with Gasteiger partial charge < -0.3 is 5.43 Å². The van der Waals surface area contributed by atoms with Crippen molar-refractivity contribution in [3.63, 3.8) is 0 Å². The molecule has 4 N–H and O–H groups in total. The predicted molar refractivity (Wildman–Crippen MR) is 81.5 cm³/mol. The zero-order valence-electron chi connectivity index (χ0n) is 11.5. The first-order valence-corrected chi connectivity index (χ1v) is 8.66. The molecule has 0 spiro atoms. The largest absolute Gasteiger partial charge is 0.307 e. The van der Waals surface area contributed by atoms with Gasteiger partial charge in [0, 0.05) is 16.7 Å².